The molecule has 1 aliphatic heterocycles. The molecular formula is C21H28N2O3S. The van der Waals surface area contributed by atoms with Crippen LogP contribution in [0.2, 0.25) is 0 Å². The second-order valence-electron chi connectivity index (χ2n) is 7.86. The molecule has 1 saturated heterocycles. The zero-order valence-electron chi connectivity index (χ0n) is 16.5. The third-order valence-electron chi connectivity index (χ3n) is 4.99. The van der Waals surface area contributed by atoms with Gasteiger partial charge in [-0.05, 0) is 44.2 Å². The van der Waals surface area contributed by atoms with Gasteiger partial charge in [0.15, 0.2) is 0 Å². The second kappa shape index (κ2) is 8.38. The Bertz CT molecular complexity index is 818. The Kier molecular flexibility index (Phi) is 6.15. The van der Waals surface area contributed by atoms with E-state index in [0.29, 0.717) is 29.2 Å². The predicted octanol–water partition coefficient (Wildman–Crippen LogP) is 3.71. The first-order chi connectivity index (χ1) is 12.8. The van der Waals surface area contributed by atoms with Crippen LogP contribution in [0.1, 0.15) is 37.3 Å². The number of carbonyl (C=O) groups excluding carboxylic acids is 1. The lowest BCUT2D eigenvalue weighted by Crippen LogP contribution is -2.44. The van der Waals surface area contributed by atoms with Crippen molar-refractivity contribution >= 4 is 16.7 Å². The zero-order valence-corrected chi connectivity index (χ0v) is 17.3. The molecule has 0 saturated carbocycles. The van der Waals surface area contributed by atoms with Gasteiger partial charge < -0.3 is 9.32 Å². The molecule has 0 spiro atoms. The number of aromatic nitrogens is 1. The van der Waals surface area contributed by atoms with Crippen molar-refractivity contribution < 1.29 is 13.4 Å². The fourth-order valence-corrected chi connectivity index (χ4v) is 4.81. The van der Waals surface area contributed by atoms with Crippen LogP contribution < -0.4 is 0 Å². The van der Waals surface area contributed by atoms with Gasteiger partial charge in [-0.1, -0.05) is 31.5 Å². The van der Waals surface area contributed by atoms with E-state index in [1.807, 2.05) is 43.0 Å². The number of rotatable bonds is 5. The molecule has 6 heteroatoms. The number of oxazole rings is 1. The minimum Gasteiger partial charge on any atom is -0.441 e. The molecule has 146 valence electrons. The van der Waals surface area contributed by atoms with Crippen molar-refractivity contribution in [3.8, 4) is 11.5 Å². The fraction of sp³-hybridized carbons (Fsp3) is 0.524. The van der Waals surface area contributed by atoms with E-state index in [-0.39, 0.29) is 17.4 Å². The van der Waals surface area contributed by atoms with Gasteiger partial charge in [-0.2, -0.15) is 0 Å². The molecule has 0 radical (unpaired) electrons. The second-order valence-corrected chi connectivity index (χ2v) is 9.32. The first-order valence-electron chi connectivity index (χ1n) is 9.48. The number of aryl methyl sites for hydroxylation is 2. The molecule has 3 atom stereocenters. The number of hydrogen-bond acceptors (Lipinski definition) is 4. The Balaban J connectivity index is 1.62. The first kappa shape index (κ1) is 19.8. The number of carbonyl (C=O) groups is 1. The molecule has 0 unspecified atom stereocenters. The number of piperidine rings is 1. The van der Waals surface area contributed by atoms with E-state index in [1.54, 1.807) is 0 Å². The predicted molar refractivity (Wildman–Crippen MR) is 108 cm³/mol. The average molecular weight is 389 g/mol. The third kappa shape index (κ3) is 5.06. The number of hydrogen-bond donors (Lipinski definition) is 0. The zero-order chi connectivity index (χ0) is 19.6. The molecule has 2 heterocycles. The minimum atomic E-state index is -1.30. The lowest BCUT2D eigenvalue weighted by atomic mass is 9.92. The van der Waals surface area contributed by atoms with Crippen LogP contribution in [0.3, 0.4) is 0 Å². The monoisotopic (exact) mass is 388 g/mol. The molecule has 0 bridgehead atoms. The molecule has 0 N–H and O–H groups in total. The van der Waals surface area contributed by atoms with Crippen molar-refractivity contribution in [3.63, 3.8) is 0 Å². The van der Waals surface area contributed by atoms with Crippen molar-refractivity contribution in [2.75, 3.05) is 18.8 Å². The van der Waals surface area contributed by atoms with E-state index in [0.717, 1.165) is 25.1 Å². The van der Waals surface area contributed by atoms with Crippen molar-refractivity contribution in [1.29, 1.82) is 0 Å². The fourth-order valence-electron chi connectivity index (χ4n) is 3.68. The summed E-state index contributed by atoms with van der Waals surface area (Å²) in [4.78, 5) is 18.9. The van der Waals surface area contributed by atoms with E-state index in [2.05, 4.69) is 18.8 Å². The molecule has 2 aromatic rings. The number of likely N-dealkylation sites (tertiary alicyclic amines) is 1. The van der Waals surface area contributed by atoms with Crippen molar-refractivity contribution in [3.05, 3.63) is 41.3 Å². The van der Waals surface area contributed by atoms with Crippen LogP contribution in [-0.4, -0.2) is 38.8 Å². The molecule has 1 aliphatic rings. The highest BCUT2D eigenvalue weighted by Crippen LogP contribution is 2.24. The number of amides is 1. The van der Waals surface area contributed by atoms with E-state index in [9.17, 15) is 9.00 Å². The summed E-state index contributed by atoms with van der Waals surface area (Å²) < 4.78 is 18.3. The van der Waals surface area contributed by atoms with Crippen molar-refractivity contribution in [2.24, 2.45) is 11.8 Å². The van der Waals surface area contributed by atoms with E-state index in [1.165, 1.54) is 5.56 Å². The number of nitrogens with zero attached hydrogens (tertiary/aromatic N) is 2. The highest BCUT2D eigenvalue weighted by atomic mass is 32.2. The molecule has 27 heavy (non-hydrogen) atoms. The maximum Gasteiger partial charge on any atom is 0.235 e. The van der Waals surface area contributed by atoms with Crippen LogP contribution in [0.4, 0.5) is 0 Å². The van der Waals surface area contributed by atoms with Gasteiger partial charge in [0.25, 0.3) is 0 Å². The Hall–Kier alpha value is -1.95. The Morgan fingerprint density at radius 1 is 1.19 bits per heavy atom. The number of benzene rings is 1. The molecule has 3 rings (SSSR count). The summed E-state index contributed by atoms with van der Waals surface area (Å²) in [5.74, 6) is 2.46. The Morgan fingerprint density at radius 2 is 1.81 bits per heavy atom. The Morgan fingerprint density at radius 3 is 2.44 bits per heavy atom. The van der Waals surface area contributed by atoms with Crippen LogP contribution in [0.15, 0.2) is 28.7 Å². The highest BCUT2D eigenvalue weighted by Gasteiger charge is 2.26. The van der Waals surface area contributed by atoms with Gasteiger partial charge in [0.2, 0.25) is 11.8 Å². The van der Waals surface area contributed by atoms with E-state index >= 15 is 0 Å². The van der Waals surface area contributed by atoms with Crippen LogP contribution in [-0.2, 0) is 21.3 Å². The maximum absolute atomic E-state index is 12.6. The van der Waals surface area contributed by atoms with Crippen LogP contribution >= 0.6 is 0 Å². The highest BCUT2D eigenvalue weighted by molar-refractivity contribution is 7.84. The van der Waals surface area contributed by atoms with Crippen LogP contribution in [0.25, 0.3) is 11.5 Å². The lowest BCUT2D eigenvalue weighted by molar-refractivity contribution is -0.131. The van der Waals surface area contributed by atoms with E-state index in [4.69, 9.17) is 4.42 Å². The quantitative estimate of drug-likeness (QED) is 0.783. The molecule has 1 amide bonds. The molecule has 5 nitrogen and oxygen atoms in total. The van der Waals surface area contributed by atoms with Gasteiger partial charge in [-0.15, -0.1) is 0 Å². The largest absolute Gasteiger partial charge is 0.441 e. The topological polar surface area (TPSA) is 63.4 Å². The molecule has 0 aliphatic carbocycles. The summed E-state index contributed by atoms with van der Waals surface area (Å²) >= 11 is 0. The maximum atomic E-state index is 12.6. The average Bonchev–Trinajstić information content (AvgIpc) is 2.95. The third-order valence-corrected chi connectivity index (χ3v) is 6.16. The molecule has 1 aromatic heterocycles. The van der Waals surface area contributed by atoms with Gasteiger partial charge >= 0.3 is 0 Å². The molecule has 1 fully saturated rings. The standard InChI is InChI=1S/C21H28N2O3S/c1-14-5-7-18(8-6-14)21-22-19(17(4)26-21)12-27(25)13-20(24)23-10-15(2)9-16(3)11-23/h5-8,15-16H,9-13H2,1-4H3/t15-,16-,27+/m1/s1. The summed E-state index contributed by atoms with van der Waals surface area (Å²) in [7, 11) is -1.30. The van der Waals surface area contributed by atoms with E-state index < -0.39 is 10.8 Å². The smallest absolute Gasteiger partial charge is 0.235 e. The van der Waals surface area contributed by atoms with Gasteiger partial charge in [-0.25, -0.2) is 4.98 Å². The normalized spacial score (nSPS) is 21.3. The Labute approximate surface area is 163 Å². The van der Waals surface area contributed by atoms with Crippen molar-refractivity contribution in [2.45, 2.75) is 39.9 Å². The minimum absolute atomic E-state index is 0.0216. The summed E-state index contributed by atoms with van der Waals surface area (Å²) in [5, 5.41) is 0. The van der Waals surface area contributed by atoms with Gasteiger partial charge in [0.05, 0.1) is 11.4 Å². The van der Waals surface area contributed by atoms with Gasteiger partial charge in [0.1, 0.15) is 11.5 Å². The van der Waals surface area contributed by atoms with Crippen LogP contribution in [0.5, 0.6) is 0 Å². The lowest BCUT2D eigenvalue weighted by Gasteiger charge is -2.34. The van der Waals surface area contributed by atoms with Gasteiger partial charge in [-0.3, -0.25) is 9.00 Å². The van der Waals surface area contributed by atoms with Crippen LogP contribution in [0, 0.1) is 25.7 Å². The molecular weight excluding hydrogens is 360 g/mol. The van der Waals surface area contributed by atoms with Gasteiger partial charge in [0, 0.05) is 29.5 Å². The molecule has 1 aromatic carbocycles. The SMILES string of the molecule is Cc1ccc(-c2nc(C[S@](=O)CC(=O)N3C[C@H](C)C[C@@H](C)C3)c(C)o2)cc1. The first-order valence-corrected chi connectivity index (χ1v) is 11.0. The summed E-state index contributed by atoms with van der Waals surface area (Å²) in [6, 6.07) is 7.94. The summed E-state index contributed by atoms with van der Waals surface area (Å²) in [6.45, 7) is 9.71. The van der Waals surface area contributed by atoms with Crippen molar-refractivity contribution in [1.82, 2.24) is 9.88 Å². The summed E-state index contributed by atoms with van der Waals surface area (Å²) in [5.41, 5.74) is 2.73. The summed E-state index contributed by atoms with van der Waals surface area (Å²) in [6.07, 6.45) is 1.15.